The van der Waals surface area contributed by atoms with Crippen molar-refractivity contribution in [2.75, 3.05) is 25.2 Å². The average molecular weight is 314 g/mol. The Morgan fingerprint density at radius 2 is 2.04 bits per heavy atom. The lowest BCUT2D eigenvalue weighted by Crippen LogP contribution is -2.34. The highest BCUT2D eigenvalue weighted by molar-refractivity contribution is 5.95. The third-order valence-electron chi connectivity index (χ3n) is 4.28. The Morgan fingerprint density at radius 3 is 2.91 bits per heavy atom. The maximum Gasteiger partial charge on any atom is 0.231 e. The quantitative estimate of drug-likeness (QED) is 0.803. The first kappa shape index (κ1) is 14.1. The van der Waals surface area contributed by atoms with Crippen molar-refractivity contribution < 1.29 is 14.3 Å². The van der Waals surface area contributed by atoms with E-state index in [4.69, 9.17) is 9.47 Å². The number of nitrogens with one attached hydrogen (secondary N) is 3. The maximum atomic E-state index is 12.4. The largest absolute Gasteiger partial charge is 0.454 e. The zero-order valence-corrected chi connectivity index (χ0v) is 12.6. The van der Waals surface area contributed by atoms with Crippen molar-refractivity contribution in [2.24, 2.45) is 5.92 Å². The van der Waals surface area contributed by atoms with E-state index in [1.807, 2.05) is 18.2 Å². The second-order valence-electron chi connectivity index (χ2n) is 5.74. The zero-order chi connectivity index (χ0) is 15.6. The van der Waals surface area contributed by atoms with Gasteiger partial charge in [0.25, 0.3) is 0 Å². The lowest BCUT2D eigenvalue weighted by molar-refractivity contribution is -0.120. The number of ether oxygens (including phenoxy) is 2. The number of aromatic amines is 1. The summed E-state index contributed by atoms with van der Waals surface area (Å²) in [5.41, 5.74) is 1.76. The molecule has 1 aromatic heterocycles. The molecule has 2 aliphatic heterocycles. The van der Waals surface area contributed by atoms with Gasteiger partial charge in [-0.1, -0.05) is 6.07 Å². The molecule has 2 aromatic rings. The van der Waals surface area contributed by atoms with Gasteiger partial charge in [-0.25, -0.2) is 0 Å². The van der Waals surface area contributed by atoms with Gasteiger partial charge in [0.15, 0.2) is 11.5 Å². The number of aromatic nitrogens is 2. The van der Waals surface area contributed by atoms with Crippen molar-refractivity contribution in [2.45, 2.75) is 12.8 Å². The fraction of sp³-hybridized carbons (Fsp3) is 0.375. The summed E-state index contributed by atoms with van der Waals surface area (Å²) in [5.74, 6) is 2.14. The number of carbonyl (C=O) groups excluding carboxylic acids is 1. The van der Waals surface area contributed by atoms with Crippen molar-refractivity contribution >= 4 is 11.7 Å². The molecule has 120 valence electrons. The van der Waals surface area contributed by atoms with Gasteiger partial charge in [-0.05, 0) is 43.6 Å². The SMILES string of the molecule is O=C(Nc1[nH]ncc1-c1ccc2c(c1)OCO2)C1CCNCC1. The van der Waals surface area contributed by atoms with Crippen molar-refractivity contribution in [1.82, 2.24) is 15.5 Å². The number of hydrogen-bond acceptors (Lipinski definition) is 5. The summed E-state index contributed by atoms with van der Waals surface area (Å²) >= 11 is 0. The summed E-state index contributed by atoms with van der Waals surface area (Å²) in [6.07, 6.45) is 3.42. The van der Waals surface area contributed by atoms with Crippen LogP contribution in [0.2, 0.25) is 0 Å². The highest BCUT2D eigenvalue weighted by atomic mass is 16.7. The van der Waals surface area contributed by atoms with Gasteiger partial charge < -0.3 is 20.1 Å². The van der Waals surface area contributed by atoms with E-state index in [1.165, 1.54) is 0 Å². The Bertz CT molecular complexity index is 722. The van der Waals surface area contributed by atoms with Crippen LogP contribution in [0.1, 0.15) is 12.8 Å². The number of nitrogens with zero attached hydrogens (tertiary/aromatic N) is 1. The molecule has 0 aliphatic carbocycles. The number of hydrogen-bond donors (Lipinski definition) is 3. The molecule has 0 spiro atoms. The van der Waals surface area contributed by atoms with E-state index < -0.39 is 0 Å². The molecule has 3 heterocycles. The lowest BCUT2D eigenvalue weighted by atomic mass is 9.97. The van der Waals surface area contributed by atoms with E-state index in [-0.39, 0.29) is 18.6 Å². The van der Waals surface area contributed by atoms with E-state index in [1.54, 1.807) is 6.20 Å². The molecule has 1 aromatic carbocycles. The van der Waals surface area contributed by atoms with Crippen LogP contribution < -0.4 is 20.1 Å². The Morgan fingerprint density at radius 1 is 1.22 bits per heavy atom. The minimum absolute atomic E-state index is 0.0396. The molecule has 23 heavy (non-hydrogen) atoms. The number of H-pyrrole nitrogens is 1. The van der Waals surface area contributed by atoms with Crippen LogP contribution in [0.5, 0.6) is 11.5 Å². The summed E-state index contributed by atoms with van der Waals surface area (Å²) in [5, 5.41) is 13.2. The summed E-state index contributed by atoms with van der Waals surface area (Å²) < 4.78 is 10.7. The van der Waals surface area contributed by atoms with E-state index >= 15 is 0 Å². The van der Waals surface area contributed by atoms with Crippen molar-refractivity contribution in [3.8, 4) is 22.6 Å². The van der Waals surface area contributed by atoms with Gasteiger partial charge in [0.2, 0.25) is 12.7 Å². The lowest BCUT2D eigenvalue weighted by Gasteiger charge is -2.21. The molecule has 1 amide bonds. The molecule has 7 heteroatoms. The molecule has 0 bridgehead atoms. The number of anilines is 1. The first-order valence-electron chi connectivity index (χ1n) is 7.76. The molecule has 7 nitrogen and oxygen atoms in total. The molecule has 3 N–H and O–H groups in total. The minimum Gasteiger partial charge on any atom is -0.454 e. The Labute approximate surface area is 133 Å². The molecule has 1 saturated heterocycles. The topological polar surface area (TPSA) is 88.3 Å². The molecule has 0 radical (unpaired) electrons. The van der Waals surface area contributed by atoms with Crippen molar-refractivity contribution in [3.05, 3.63) is 24.4 Å². The predicted molar refractivity (Wildman–Crippen MR) is 84.4 cm³/mol. The summed E-state index contributed by atoms with van der Waals surface area (Å²) in [7, 11) is 0. The van der Waals surface area contributed by atoms with E-state index in [0.29, 0.717) is 11.6 Å². The Hall–Kier alpha value is -2.54. The molecule has 1 fully saturated rings. The number of benzene rings is 1. The summed E-state index contributed by atoms with van der Waals surface area (Å²) in [6.45, 7) is 2.01. The number of carbonyl (C=O) groups is 1. The molecule has 0 unspecified atom stereocenters. The van der Waals surface area contributed by atoms with Gasteiger partial charge >= 0.3 is 0 Å². The Balaban J connectivity index is 1.55. The second-order valence-corrected chi connectivity index (χ2v) is 5.74. The monoisotopic (exact) mass is 314 g/mol. The van der Waals surface area contributed by atoms with Gasteiger partial charge in [-0.2, -0.15) is 5.10 Å². The highest BCUT2D eigenvalue weighted by Crippen LogP contribution is 2.37. The third-order valence-corrected chi connectivity index (χ3v) is 4.28. The van der Waals surface area contributed by atoms with Crippen LogP contribution in [-0.2, 0) is 4.79 Å². The standard InChI is InChI=1S/C16H18N4O3/c21-16(10-3-5-17-6-4-10)19-15-12(8-18-20-15)11-1-2-13-14(7-11)23-9-22-13/h1-2,7-8,10,17H,3-6,9H2,(H2,18,19,20,21). The fourth-order valence-corrected chi connectivity index (χ4v) is 2.97. The molecule has 0 atom stereocenters. The van der Waals surface area contributed by atoms with Crippen molar-refractivity contribution in [3.63, 3.8) is 0 Å². The summed E-state index contributed by atoms with van der Waals surface area (Å²) in [4.78, 5) is 12.4. The maximum absolute atomic E-state index is 12.4. The average Bonchev–Trinajstić information content (AvgIpc) is 3.23. The van der Waals surface area contributed by atoms with Gasteiger partial charge in [-0.15, -0.1) is 0 Å². The van der Waals surface area contributed by atoms with Crippen molar-refractivity contribution in [1.29, 1.82) is 0 Å². The number of rotatable bonds is 3. The third kappa shape index (κ3) is 2.75. The normalized spacial score (nSPS) is 17.2. The molecule has 0 saturated carbocycles. The van der Waals surface area contributed by atoms with E-state index in [9.17, 15) is 4.79 Å². The Kier molecular flexibility index (Phi) is 3.63. The van der Waals surface area contributed by atoms with Gasteiger partial charge in [0.05, 0.1) is 6.20 Å². The zero-order valence-electron chi connectivity index (χ0n) is 12.6. The number of piperidine rings is 1. The summed E-state index contributed by atoms with van der Waals surface area (Å²) in [6, 6.07) is 5.69. The second kappa shape index (κ2) is 5.92. The minimum atomic E-state index is 0.0396. The smallest absolute Gasteiger partial charge is 0.231 e. The number of amides is 1. The molecular formula is C16H18N4O3. The number of fused-ring (bicyclic) bond motifs is 1. The van der Waals surface area contributed by atoms with Crippen LogP contribution in [0.3, 0.4) is 0 Å². The van der Waals surface area contributed by atoms with Crippen LogP contribution in [-0.4, -0.2) is 36.0 Å². The predicted octanol–water partition coefficient (Wildman–Crippen LogP) is 1.74. The first-order valence-corrected chi connectivity index (χ1v) is 7.76. The highest BCUT2D eigenvalue weighted by Gasteiger charge is 2.23. The van der Waals surface area contributed by atoms with Gasteiger partial charge in [0, 0.05) is 11.5 Å². The molecule has 2 aliphatic rings. The van der Waals surface area contributed by atoms with Crippen LogP contribution in [0.4, 0.5) is 5.82 Å². The van der Waals surface area contributed by atoms with Crippen LogP contribution in [0, 0.1) is 5.92 Å². The van der Waals surface area contributed by atoms with Crippen LogP contribution in [0.25, 0.3) is 11.1 Å². The fourth-order valence-electron chi connectivity index (χ4n) is 2.97. The van der Waals surface area contributed by atoms with E-state index in [0.717, 1.165) is 42.8 Å². The van der Waals surface area contributed by atoms with E-state index in [2.05, 4.69) is 20.8 Å². The molecular weight excluding hydrogens is 296 g/mol. The first-order chi connectivity index (χ1) is 11.3. The van der Waals surface area contributed by atoms with Crippen LogP contribution >= 0.6 is 0 Å². The molecule has 4 rings (SSSR count). The van der Waals surface area contributed by atoms with Crippen LogP contribution in [0.15, 0.2) is 24.4 Å². The van der Waals surface area contributed by atoms with Gasteiger partial charge in [-0.3, -0.25) is 9.89 Å². The van der Waals surface area contributed by atoms with Gasteiger partial charge in [0.1, 0.15) is 5.82 Å².